The molecule has 0 radical (unpaired) electrons. The van der Waals surface area contributed by atoms with Crippen molar-refractivity contribution in [2.45, 2.75) is 113 Å². The van der Waals surface area contributed by atoms with Crippen LogP contribution in [-0.2, 0) is 24.4 Å². The number of nitrogens with one attached hydrogen (secondary N) is 3. The maximum absolute atomic E-state index is 14.4. The van der Waals surface area contributed by atoms with Crippen molar-refractivity contribution >= 4 is 44.7 Å². The van der Waals surface area contributed by atoms with Crippen molar-refractivity contribution < 1.29 is 42.2 Å². The van der Waals surface area contributed by atoms with E-state index in [9.17, 15) is 32.7 Å². The van der Waals surface area contributed by atoms with Crippen LogP contribution in [0, 0.1) is 17.3 Å². The van der Waals surface area contributed by atoms with Crippen LogP contribution in [0.5, 0.6) is 11.5 Å². The summed E-state index contributed by atoms with van der Waals surface area (Å²) in [5.74, 6) is -0.841. The minimum absolute atomic E-state index is 0.0273. The molecule has 4 amide bonds. The number of pyridine rings is 1. The summed E-state index contributed by atoms with van der Waals surface area (Å²) in [7, 11) is -2.44. The molecule has 14 nitrogen and oxygen atoms in total. The fraction of sp³-hybridized carbons (Fsp3) is 0.605. The first-order chi connectivity index (χ1) is 25.0. The Morgan fingerprint density at radius 3 is 2.42 bits per heavy atom. The number of amides is 4. The molecule has 4 saturated carbocycles. The highest BCUT2D eigenvalue weighted by molar-refractivity contribution is 7.91. The fourth-order valence-corrected chi connectivity index (χ4v) is 9.47. The molecule has 2 heterocycles. The van der Waals surface area contributed by atoms with E-state index in [2.05, 4.69) is 21.9 Å². The van der Waals surface area contributed by atoms with Crippen molar-refractivity contribution in [1.82, 2.24) is 25.2 Å². The van der Waals surface area contributed by atoms with Crippen molar-refractivity contribution in [2.75, 3.05) is 13.7 Å². The highest BCUT2D eigenvalue weighted by Crippen LogP contribution is 2.53. The summed E-state index contributed by atoms with van der Waals surface area (Å²) in [6.07, 6.45) is 5.05. The van der Waals surface area contributed by atoms with Crippen LogP contribution in [0.4, 0.5) is 4.79 Å². The van der Waals surface area contributed by atoms with Crippen LogP contribution >= 0.6 is 0 Å². The van der Waals surface area contributed by atoms with Gasteiger partial charge in [0.25, 0.3) is 5.91 Å². The Kier molecular flexibility index (Phi) is 9.18. The number of sulfonamides is 1. The third-order valence-corrected chi connectivity index (χ3v) is 13.7. The van der Waals surface area contributed by atoms with E-state index in [0.29, 0.717) is 48.1 Å². The van der Waals surface area contributed by atoms with Gasteiger partial charge in [-0.2, -0.15) is 0 Å². The van der Waals surface area contributed by atoms with Gasteiger partial charge in [-0.05, 0) is 62.0 Å². The fourth-order valence-electron chi connectivity index (χ4n) is 7.73. The monoisotopic (exact) mass is 751 g/mol. The van der Waals surface area contributed by atoms with Crippen molar-refractivity contribution in [1.29, 1.82) is 0 Å². The zero-order valence-electron chi connectivity index (χ0n) is 30.6. The highest BCUT2D eigenvalue weighted by atomic mass is 32.2. The number of hydrogen-bond donors (Lipinski definition) is 4. The number of carbonyl (C=O) groups is 4. The van der Waals surface area contributed by atoms with E-state index in [0.717, 1.165) is 36.8 Å². The highest BCUT2D eigenvalue weighted by Gasteiger charge is 2.64. The maximum Gasteiger partial charge on any atom is 0.405 e. The van der Waals surface area contributed by atoms with E-state index in [1.807, 2.05) is 18.2 Å². The molecule has 5 fully saturated rings. The lowest BCUT2D eigenvalue weighted by Crippen LogP contribution is -2.60. The molecule has 1 aliphatic heterocycles. The zero-order valence-corrected chi connectivity index (χ0v) is 31.5. The lowest BCUT2D eigenvalue weighted by molar-refractivity contribution is -0.142. The molecule has 15 heteroatoms. The molecule has 286 valence electrons. The summed E-state index contributed by atoms with van der Waals surface area (Å²) in [5, 5.41) is 15.5. The molecular formula is C38H49N5O9S. The van der Waals surface area contributed by atoms with Gasteiger partial charge < -0.3 is 30.1 Å². The minimum atomic E-state index is -4.01. The maximum atomic E-state index is 14.4. The van der Waals surface area contributed by atoms with Crippen LogP contribution in [0.1, 0.15) is 90.2 Å². The predicted molar refractivity (Wildman–Crippen MR) is 195 cm³/mol. The first kappa shape index (κ1) is 36.9. The second-order valence-electron chi connectivity index (χ2n) is 16.7. The molecule has 1 aromatic carbocycles. The van der Waals surface area contributed by atoms with Crippen molar-refractivity contribution in [3.8, 4) is 11.5 Å². The average Bonchev–Trinajstić information content (AvgIpc) is 3.89. The number of rotatable bonds is 14. The summed E-state index contributed by atoms with van der Waals surface area (Å²) < 4.78 is 40.4. The molecular weight excluding hydrogens is 703 g/mol. The predicted octanol–water partition coefficient (Wildman–Crippen LogP) is 3.99. The molecule has 7 rings (SSSR count). The number of carboxylic acid groups (broad SMARTS) is 1. The van der Waals surface area contributed by atoms with Crippen LogP contribution in [0.25, 0.3) is 10.9 Å². The molecule has 1 saturated heterocycles. The molecule has 0 bridgehead atoms. The smallest absolute Gasteiger partial charge is 0.405 e. The quantitative estimate of drug-likeness (QED) is 0.205. The molecule has 5 unspecified atom stereocenters. The molecule has 4 N–H and O–H groups in total. The number of fused-ring (bicyclic) bond motifs is 1. The number of methoxy groups -OCH3 is 1. The Balaban J connectivity index is 1.17. The van der Waals surface area contributed by atoms with E-state index in [-0.39, 0.29) is 19.4 Å². The number of likely N-dealkylation sites (tertiary alicyclic amines) is 1. The van der Waals surface area contributed by atoms with Crippen LogP contribution in [0.15, 0.2) is 36.9 Å². The second-order valence-corrected chi connectivity index (χ2v) is 18.8. The van der Waals surface area contributed by atoms with Gasteiger partial charge in [0.15, 0.2) is 0 Å². The lowest BCUT2D eigenvalue weighted by Gasteiger charge is -2.35. The number of carbonyl (C=O) groups excluding carboxylic acids is 3. The van der Waals surface area contributed by atoms with Gasteiger partial charge in [-0.15, -0.1) is 6.58 Å². The largest absolute Gasteiger partial charge is 0.497 e. The van der Waals surface area contributed by atoms with Gasteiger partial charge in [0.1, 0.15) is 35.2 Å². The molecule has 2 aromatic rings. The van der Waals surface area contributed by atoms with Gasteiger partial charge in [0.2, 0.25) is 21.8 Å². The van der Waals surface area contributed by atoms with Gasteiger partial charge in [0, 0.05) is 41.5 Å². The summed E-state index contributed by atoms with van der Waals surface area (Å²) >= 11 is 0. The lowest BCUT2D eigenvalue weighted by atomic mass is 9.85. The topological polar surface area (TPSA) is 193 Å². The normalized spacial score (nSPS) is 26.6. The Morgan fingerprint density at radius 1 is 1.13 bits per heavy atom. The van der Waals surface area contributed by atoms with Crippen LogP contribution in [-0.4, -0.2) is 89.4 Å². The number of ether oxygens (including phenoxy) is 2. The van der Waals surface area contributed by atoms with Gasteiger partial charge in [-0.1, -0.05) is 39.7 Å². The Labute approximate surface area is 309 Å². The van der Waals surface area contributed by atoms with E-state index in [4.69, 9.17) is 14.5 Å². The van der Waals surface area contributed by atoms with Gasteiger partial charge in [-0.25, -0.2) is 13.2 Å². The third kappa shape index (κ3) is 7.28. The SMILES string of the molecule is C=CC1CC1(NC(=O)C1CC(Oc2cc(C3CC3)nc3cc(OC)ccc23)CN1C(=O)C(NC(=O)O)C(C)(C)C)C(=O)NS(=O)(=O)C1(CC2CC2)CC1. The number of aromatic nitrogens is 1. The van der Waals surface area contributed by atoms with Crippen LogP contribution in [0.2, 0.25) is 0 Å². The van der Waals surface area contributed by atoms with Crippen LogP contribution in [0.3, 0.4) is 0 Å². The molecule has 53 heavy (non-hydrogen) atoms. The van der Waals surface area contributed by atoms with E-state index < -0.39 is 73.6 Å². The van der Waals surface area contributed by atoms with Crippen molar-refractivity contribution in [2.24, 2.45) is 17.3 Å². The number of benzene rings is 1. The van der Waals surface area contributed by atoms with Gasteiger partial charge in [-0.3, -0.25) is 24.1 Å². The Morgan fingerprint density at radius 2 is 1.85 bits per heavy atom. The second kappa shape index (κ2) is 13.2. The third-order valence-electron chi connectivity index (χ3n) is 11.5. The van der Waals surface area contributed by atoms with E-state index in [1.165, 1.54) is 11.0 Å². The van der Waals surface area contributed by atoms with Crippen molar-refractivity contribution in [3.05, 3.63) is 42.6 Å². The van der Waals surface area contributed by atoms with E-state index in [1.54, 1.807) is 33.9 Å². The molecule has 1 aromatic heterocycles. The Bertz CT molecular complexity index is 1970. The van der Waals surface area contributed by atoms with Gasteiger partial charge in [0.05, 0.1) is 23.9 Å². The number of hydrogen-bond acceptors (Lipinski definition) is 9. The standard InChI is InChI=1S/C38H49N5O9S/c1-6-23-19-38(23,34(46)42-53(49,50)37(13-14-37)18-21-7-8-21)41-32(44)29-16-25(20-43(29)33(45)31(36(2,3)4)40-35(47)48)52-30-17-27(22-9-10-22)39-28-15-24(51-5)11-12-26(28)30/h6,11-12,15,17,21-23,25,29,31,40H,1,7-10,13-14,16,18-20H2,2-5H3,(H,41,44)(H,42,46)(H,47,48). The number of nitrogens with zero attached hydrogens (tertiary/aromatic N) is 2. The first-order valence-corrected chi connectivity index (χ1v) is 19.9. The van der Waals surface area contributed by atoms with Crippen molar-refractivity contribution in [3.63, 3.8) is 0 Å². The summed E-state index contributed by atoms with van der Waals surface area (Å²) in [5.41, 5.74) is -0.887. The molecule has 0 spiro atoms. The summed E-state index contributed by atoms with van der Waals surface area (Å²) in [6.45, 7) is 8.91. The molecule has 4 aliphatic carbocycles. The molecule has 5 atom stereocenters. The summed E-state index contributed by atoms with van der Waals surface area (Å²) in [6, 6.07) is 4.99. The Hall–Kier alpha value is -4.40. The summed E-state index contributed by atoms with van der Waals surface area (Å²) in [4.78, 5) is 60.5. The zero-order chi connectivity index (χ0) is 38.1. The molecule has 5 aliphatic rings. The van der Waals surface area contributed by atoms with Gasteiger partial charge >= 0.3 is 6.09 Å². The first-order valence-electron chi connectivity index (χ1n) is 18.5. The average molecular weight is 752 g/mol. The van der Waals surface area contributed by atoms with E-state index >= 15 is 0 Å². The minimum Gasteiger partial charge on any atom is -0.497 e. The van der Waals surface area contributed by atoms with Crippen LogP contribution < -0.4 is 24.8 Å².